The van der Waals surface area contributed by atoms with Crippen molar-refractivity contribution in [1.29, 1.82) is 0 Å². The third-order valence-electron chi connectivity index (χ3n) is 0.112. The zero-order valence-corrected chi connectivity index (χ0v) is 11.4. The number of hydrogen-bond acceptors (Lipinski definition) is 1. The molecular weight excluding hydrogens is 266 g/mol. The SMILES string of the molecule is C=[C-]C.C=[C-]CO.[Y].[Y]. The first-order valence-electron chi connectivity index (χ1n) is 1.88. The van der Waals surface area contributed by atoms with E-state index in [1.54, 1.807) is 6.92 Å². The zero-order chi connectivity index (χ0) is 6.12. The molecule has 0 aromatic rings. The normalized spacial score (nSPS) is 4.22. The second kappa shape index (κ2) is 33.4. The molecule has 0 aromatic heterocycles. The van der Waals surface area contributed by atoms with E-state index in [9.17, 15) is 0 Å². The first kappa shape index (κ1) is 22.4. The van der Waals surface area contributed by atoms with Crippen molar-refractivity contribution >= 4 is 0 Å². The molecule has 0 saturated carbocycles. The summed E-state index contributed by atoms with van der Waals surface area (Å²) in [4.78, 5) is 0. The van der Waals surface area contributed by atoms with Crippen molar-refractivity contribution in [2.24, 2.45) is 0 Å². The summed E-state index contributed by atoms with van der Waals surface area (Å²) in [6, 6.07) is 0. The molecule has 2 radical (unpaired) electrons. The molecule has 1 nitrogen and oxygen atoms in total. The summed E-state index contributed by atoms with van der Waals surface area (Å²) >= 11 is 0. The van der Waals surface area contributed by atoms with E-state index in [4.69, 9.17) is 5.11 Å². The third kappa shape index (κ3) is 80.5. The van der Waals surface area contributed by atoms with Crippen LogP contribution in [0.3, 0.4) is 0 Å². The van der Waals surface area contributed by atoms with Gasteiger partial charge in [0.15, 0.2) is 0 Å². The van der Waals surface area contributed by atoms with Gasteiger partial charge in [0, 0.05) is 65.4 Å². The maximum absolute atomic E-state index is 7.70. The monoisotopic (exact) mass is 276 g/mol. The van der Waals surface area contributed by atoms with E-state index in [0.717, 1.165) is 0 Å². The largest absolute Gasteiger partial charge is 0.507 e. The summed E-state index contributed by atoms with van der Waals surface area (Å²) in [5, 5.41) is 7.70. The van der Waals surface area contributed by atoms with Crippen LogP contribution in [0, 0.1) is 12.2 Å². The van der Waals surface area contributed by atoms with Gasteiger partial charge in [-0.05, 0) is 0 Å². The molecule has 48 valence electrons. The summed E-state index contributed by atoms with van der Waals surface area (Å²) in [7, 11) is 0. The molecule has 1 N–H and O–H groups in total. The maximum Gasteiger partial charge on any atom is 0 e. The van der Waals surface area contributed by atoms with Gasteiger partial charge in [0.1, 0.15) is 0 Å². The van der Waals surface area contributed by atoms with E-state index < -0.39 is 0 Å². The van der Waals surface area contributed by atoms with E-state index in [2.05, 4.69) is 25.3 Å². The Morgan fingerprint density at radius 1 is 1.33 bits per heavy atom. The van der Waals surface area contributed by atoms with Crippen molar-refractivity contribution in [2.45, 2.75) is 6.92 Å². The molecule has 0 rings (SSSR count). The van der Waals surface area contributed by atoms with Gasteiger partial charge in [-0.25, -0.2) is 0 Å². The first-order valence-corrected chi connectivity index (χ1v) is 1.88. The molecule has 0 amide bonds. The maximum atomic E-state index is 7.70. The van der Waals surface area contributed by atoms with E-state index >= 15 is 0 Å². The van der Waals surface area contributed by atoms with Crippen LogP contribution in [0.4, 0.5) is 0 Å². The molecule has 0 fully saturated rings. The molecule has 3 heteroatoms. The Hall–Kier alpha value is 1.65. The van der Waals surface area contributed by atoms with Crippen LogP contribution in [0.1, 0.15) is 6.92 Å². The molecular formula is C6H10OY2-2. The van der Waals surface area contributed by atoms with Gasteiger partial charge in [-0.15, -0.1) is 0 Å². The summed E-state index contributed by atoms with van der Waals surface area (Å²) < 4.78 is 0. The fourth-order valence-corrected chi connectivity index (χ4v) is 0. The van der Waals surface area contributed by atoms with Crippen LogP contribution in [0.2, 0.25) is 0 Å². The minimum absolute atomic E-state index is 0. The van der Waals surface area contributed by atoms with Crippen LogP contribution < -0.4 is 0 Å². The van der Waals surface area contributed by atoms with Gasteiger partial charge in [0.05, 0.1) is 0 Å². The van der Waals surface area contributed by atoms with Crippen LogP contribution in [-0.2, 0) is 65.4 Å². The number of aliphatic hydroxyl groups excluding tert-OH is 1. The third-order valence-corrected chi connectivity index (χ3v) is 0.112. The van der Waals surface area contributed by atoms with Gasteiger partial charge < -0.3 is 17.3 Å². The predicted molar refractivity (Wildman–Crippen MR) is 30.5 cm³/mol. The summed E-state index contributed by atoms with van der Waals surface area (Å²) in [5.41, 5.74) is 0. The van der Waals surface area contributed by atoms with Gasteiger partial charge >= 0.3 is 0 Å². The van der Waals surface area contributed by atoms with Crippen molar-refractivity contribution in [3.8, 4) is 0 Å². The minimum atomic E-state index is -0.0417. The Morgan fingerprint density at radius 2 is 1.44 bits per heavy atom. The van der Waals surface area contributed by atoms with Crippen LogP contribution in [-0.4, -0.2) is 11.7 Å². The van der Waals surface area contributed by atoms with Crippen molar-refractivity contribution in [2.75, 3.05) is 6.61 Å². The van der Waals surface area contributed by atoms with Crippen molar-refractivity contribution in [1.82, 2.24) is 0 Å². The van der Waals surface area contributed by atoms with Crippen LogP contribution >= 0.6 is 0 Å². The molecule has 0 bridgehead atoms. The first-order chi connectivity index (χ1) is 3.33. The Morgan fingerprint density at radius 3 is 1.44 bits per heavy atom. The van der Waals surface area contributed by atoms with Gasteiger partial charge in [-0.1, -0.05) is 6.61 Å². The molecule has 0 aliphatic rings. The van der Waals surface area contributed by atoms with Gasteiger partial charge in [-0.3, -0.25) is 13.2 Å². The Bertz CT molecular complexity index is 46.3. The fourth-order valence-electron chi connectivity index (χ4n) is 0. The standard InChI is InChI=1S/C3H5O.C3H5.2Y/c1-2-3-4;1-3-2;;/h4H,1,3H2;1H2,2H3;;/q2*-1;;. The molecule has 0 heterocycles. The quantitative estimate of drug-likeness (QED) is 0.707. The Balaban J connectivity index is -0.0000000233. The van der Waals surface area contributed by atoms with E-state index in [0.29, 0.717) is 0 Å². The molecule has 0 spiro atoms. The molecule has 0 saturated heterocycles. The van der Waals surface area contributed by atoms with E-state index in [1.807, 2.05) is 0 Å². The molecule has 0 aliphatic heterocycles. The zero-order valence-electron chi connectivity index (χ0n) is 5.72. The summed E-state index contributed by atoms with van der Waals surface area (Å²) in [6.07, 6.45) is 4.74. The minimum Gasteiger partial charge on any atom is -0.507 e. The number of allylic oxidation sites excluding steroid dienone is 1. The number of rotatable bonds is 1. The predicted octanol–water partition coefficient (Wildman–Crippen LogP) is 0.958. The average molecular weight is 276 g/mol. The Labute approximate surface area is 108 Å². The van der Waals surface area contributed by atoms with Crippen LogP contribution in [0.15, 0.2) is 13.2 Å². The molecule has 0 aromatic carbocycles. The Kier molecular flexibility index (Phi) is 83.2. The second-order valence-corrected chi connectivity index (χ2v) is 0.762. The molecule has 0 unspecified atom stereocenters. The smallest absolute Gasteiger partial charge is 0 e. The molecule has 9 heavy (non-hydrogen) atoms. The van der Waals surface area contributed by atoms with Crippen LogP contribution in [0.25, 0.3) is 0 Å². The van der Waals surface area contributed by atoms with Crippen molar-refractivity contribution in [3.05, 3.63) is 25.3 Å². The van der Waals surface area contributed by atoms with E-state index in [1.165, 1.54) is 0 Å². The fraction of sp³-hybridized carbons (Fsp3) is 0.333. The van der Waals surface area contributed by atoms with Gasteiger partial charge in [0.2, 0.25) is 0 Å². The van der Waals surface area contributed by atoms with Gasteiger partial charge in [-0.2, -0.15) is 6.92 Å². The second-order valence-electron chi connectivity index (χ2n) is 0.762. The average Bonchev–Trinajstić information content (AvgIpc) is 1.69. The van der Waals surface area contributed by atoms with E-state index in [-0.39, 0.29) is 72.0 Å². The number of hydrogen-bond donors (Lipinski definition) is 1. The summed E-state index contributed by atoms with van der Waals surface area (Å²) in [6.45, 7) is 8.06. The topological polar surface area (TPSA) is 20.2 Å². The van der Waals surface area contributed by atoms with Crippen molar-refractivity contribution < 1.29 is 70.5 Å². The van der Waals surface area contributed by atoms with Gasteiger partial charge in [0.25, 0.3) is 0 Å². The van der Waals surface area contributed by atoms with Crippen LogP contribution in [0.5, 0.6) is 0 Å². The summed E-state index contributed by atoms with van der Waals surface area (Å²) in [5.74, 6) is 0. The molecule has 0 aliphatic carbocycles. The number of aliphatic hydroxyl groups is 1. The molecule has 0 atom stereocenters. The van der Waals surface area contributed by atoms with Crippen molar-refractivity contribution in [3.63, 3.8) is 0 Å².